The largest absolute Gasteiger partial charge is 0.309 e. The second kappa shape index (κ2) is 17.5. The lowest BCUT2D eigenvalue weighted by molar-refractivity contribution is 0.398. The molecular formula is C57H64N2. The normalized spacial score (nSPS) is 16.9. The van der Waals surface area contributed by atoms with Crippen molar-refractivity contribution in [3.05, 3.63) is 167 Å². The van der Waals surface area contributed by atoms with Gasteiger partial charge < -0.3 is 9.80 Å². The van der Waals surface area contributed by atoms with Crippen LogP contribution in [0.3, 0.4) is 0 Å². The van der Waals surface area contributed by atoms with E-state index in [9.17, 15) is 0 Å². The third-order valence-corrected chi connectivity index (χ3v) is 13.7. The third kappa shape index (κ3) is 8.16. The predicted octanol–water partition coefficient (Wildman–Crippen LogP) is 17.3. The van der Waals surface area contributed by atoms with E-state index in [0.29, 0.717) is 23.7 Å². The topological polar surface area (TPSA) is 6.48 Å². The van der Waals surface area contributed by atoms with E-state index >= 15 is 0 Å². The van der Waals surface area contributed by atoms with E-state index in [2.05, 4.69) is 205 Å². The summed E-state index contributed by atoms with van der Waals surface area (Å²) in [5.41, 5.74) is 13.8. The van der Waals surface area contributed by atoms with Gasteiger partial charge in [0.25, 0.3) is 0 Å². The first-order valence-electron chi connectivity index (χ1n) is 22.5. The van der Waals surface area contributed by atoms with E-state index in [4.69, 9.17) is 0 Å². The standard InChI is InChI=1S/C57H64N2/c1-9-17-44(10-2)42(7)46-28-30-53-54(36-46)56(58(48-21-12-11-13-22-48)49-23-14-18-38(3)33-49)52-31-29-47(43(8)45-27-26-41(6)32-45)37-55(52)57(53)59(50-24-15-19-39(4)34-50)51-25-16-20-40(5)35-51/h11-16,18-25,28-31,33-37,41-45H,9-10,17,26-27,32H2,1-8H3. The summed E-state index contributed by atoms with van der Waals surface area (Å²) in [6.45, 7) is 18.7. The zero-order valence-corrected chi connectivity index (χ0v) is 36.8. The van der Waals surface area contributed by atoms with Crippen LogP contribution in [0.1, 0.15) is 113 Å². The van der Waals surface area contributed by atoms with E-state index in [1.807, 2.05) is 0 Å². The van der Waals surface area contributed by atoms with Crippen molar-refractivity contribution in [3.8, 4) is 0 Å². The highest BCUT2D eigenvalue weighted by atomic mass is 15.2. The quantitative estimate of drug-likeness (QED) is 0.0850. The van der Waals surface area contributed by atoms with Crippen LogP contribution in [-0.2, 0) is 0 Å². The molecule has 5 unspecified atom stereocenters. The number of nitrogens with zero attached hydrogens (tertiary/aromatic N) is 2. The monoisotopic (exact) mass is 777 g/mol. The minimum atomic E-state index is 0.433. The van der Waals surface area contributed by atoms with Gasteiger partial charge >= 0.3 is 0 Å². The Morgan fingerprint density at radius 1 is 0.525 bits per heavy atom. The molecule has 59 heavy (non-hydrogen) atoms. The predicted molar refractivity (Wildman–Crippen MR) is 257 cm³/mol. The van der Waals surface area contributed by atoms with E-state index in [0.717, 1.165) is 11.6 Å². The molecular weight excluding hydrogens is 713 g/mol. The molecule has 0 spiro atoms. The maximum atomic E-state index is 2.59. The lowest BCUT2D eigenvalue weighted by Gasteiger charge is -2.34. The van der Waals surface area contributed by atoms with Gasteiger partial charge in [-0.05, 0) is 152 Å². The Balaban J connectivity index is 1.54. The fourth-order valence-electron chi connectivity index (χ4n) is 10.4. The maximum Gasteiger partial charge on any atom is 0.0620 e. The Hall–Kier alpha value is -5.34. The molecule has 1 aliphatic carbocycles. The summed E-state index contributed by atoms with van der Waals surface area (Å²) in [4.78, 5) is 5.11. The highest BCUT2D eigenvalue weighted by Crippen LogP contribution is 2.53. The van der Waals surface area contributed by atoms with Gasteiger partial charge in [-0.3, -0.25) is 0 Å². The van der Waals surface area contributed by atoms with Crippen molar-refractivity contribution in [2.75, 3.05) is 9.80 Å². The second-order valence-corrected chi connectivity index (χ2v) is 18.0. The summed E-state index contributed by atoms with van der Waals surface area (Å²) in [5, 5.41) is 5.11. The molecule has 8 rings (SSSR count). The molecule has 2 heteroatoms. The van der Waals surface area contributed by atoms with Crippen molar-refractivity contribution in [1.82, 2.24) is 0 Å². The number of benzene rings is 7. The molecule has 0 N–H and O–H groups in total. The average Bonchev–Trinajstić information content (AvgIpc) is 3.69. The molecule has 0 aliphatic heterocycles. The van der Waals surface area contributed by atoms with Crippen LogP contribution in [0, 0.1) is 38.5 Å². The maximum absolute atomic E-state index is 2.59. The zero-order valence-electron chi connectivity index (χ0n) is 36.8. The van der Waals surface area contributed by atoms with Gasteiger partial charge in [0.15, 0.2) is 0 Å². The van der Waals surface area contributed by atoms with E-state index in [1.54, 1.807) is 0 Å². The molecule has 0 aromatic heterocycles. The molecule has 7 aromatic carbocycles. The minimum absolute atomic E-state index is 0.433. The number of para-hydroxylation sites is 1. The molecule has 7 aromatic rings. The molecule has 0 radical (unpaired) electrons. The van der Waals surface area contributed by atoms with Crippen molar-refractivity contribution in [2.45, 2.75) is 106 Å². The molecule has 2 nitrogen and oxygen atoms in total. The zero-order chi connectivity index (χ0) is 41.2. The van der Waals surface area contributed by atoms with Gasteiger partial charge in [0.05, 0.1) is 11.4 Å². The molecule has 5 atom stereocenters. The summed E-state index contributed by atoms with van der Waals surface area (Å²) in [7, 11) is 0. The highest BCUT2D eigenvalue weighted by molar-refractivity contribution is 6.23. The number of anilines is 6. The number of fused-ring (bicyclic) bond motifs is 2. The molecule has 0 saturated heterocycles. The SMILES string of the molecule is CCCC(CC)C(C)c1ccc2c(N(c3cccc(C)c3)c3cccc(C)c3)c3cc(C(C)C4CCC(C)C4)ccc3c(N(c3ccccc3)c3cccc(C)c3)c2c1. The van der Waals surface area contributed by atoms with Crippen LogP contribution < -0.4 is 9.80 Å². The van der Waals surface area contributed by atoms with Crippen molar-refractivity contribution < 1.29 is 0 Å². The fraction of sp³-hybridized carbons (Fsp3) is 0.333. The van der Waals surface area contributed by atoms with Crippen molar-refractivity contribution in [3.63, 3.8) is 0 Å². The summed E-state index contributed by atoms with van der Waals surface area (Å²) in [5.74, 6) is 3.02. The van der Waals surface area contributed by atoms with Crippen LogP contribution in [0.25, 0.3) is 21.5 Å². The molecule has 1 saturated carbocycles. The fourth-order valence-corrected chi connectivity index (χ4v) is 10.4. The Bertz CT molecular complexity index is 2500. The van der Waals surface area contributed by atoms with Crippen molar-refractivity contribution in [1.29, 1.82) is 0 Å². The molecule has 0 heterocycles. The number of hydrogen-bond donors (Lipinski definition) is 0. The Labute approximate surface area is 354 Å². The van der Waals surface area contributed by atoms with Crippen LogP contribution in [0.5, 0.6) is 0 Å². The molecule has 0 amide bonds. The minimum Gasteiger partial charge on any atom is -0.309 e. The lowest BCUT2D eigenvalue weighted by atomic mass is 9.81. The van der Waals surface area contributed by atoms with Gasteiger partial charge in [0.2, 0.25) is 0 Å². The Kier molecular flexibility index (Phi) is 12.0. The van der Waals surface area contributed by atoms with Gasteiger partial charge in [-0.2, -0.15) is 0 Å². The van der Waals surface area contributed by atoms with Crippen LogP contribution in [-0.4, -0.2) is 0 Å². The summed E-state index contributed by atoms with van der Waals surface area (Å²) >= 11 is 0. The van der Waals surface area contributed by atoms with E-state index < -0.39 is 0 Å². The number of aryl methyl sites for hydroxylation is 3. The highest BCUT2D eigenvalue weighted by Gasteiger charge is 2.30. The molecule has 0 bridgehead atoms. The summed E-state index contributed by atoms with van der Waals surface area (Å²) in [6.07, 6.45) is 7.56. The van der Waals surface area contributed by atoms with Gasteiger partial charge in [0.1, 0.15) is 0 Å². The Morgan fingerprint density at radius 3 is 1.49 bits per heavy atom. The number of hydrogen-bond acceptors (Lipinski definition) is 2. The van der Waals surface area contributed by atoms with Crippen molar-refractivity contribution >= 4 is 55.7 Å². The average molecular weight is 777 g/mol. The van der Waals surface area contributed by atoms with Gasteiger partial charge in [-0.15, -0.1) is 0 Å². The lowest BCUT2D eigenvalue weighted by Crippen LogP contribution is -2.16. The first-order valence-corrected chi connectivity index (χ1v) is 22.5. The van der Waals surface area contributed by atoms with Crippen LogP contribution in [0.15, 0.2) is 140 Å². The van der Waals surface area contributed by atoms with Gasteiger partial charge in [0, 0.05) is 44.3 Å². The first kappa shape index (κ1) is 40.4. The summed E-state index contributed by atoms with van der Waals surface area (Å²) < 4.78 is 0. The molecule has 1 fully saturated rings. The first-order chi connectivity index (χ1) is 28.6. The second-order valence-electron chi connectivity index (χ2n) is 18.0. The van der Waals surface area contributed by atoms with Crippen molar-refractivity contribution in [2.24, 2.45) is 17.8 Å². The van der Waals surface area contributed by atoms with Crippen LogP contribution in [0.2, 0.25) is 0 Å². The third-order valence-electron chi connectivity index (χ3n) is 13.7. The van der Waals surface area contributed by atoms with Crippen LogP contribution in [0.4, 0.5) is 34.1 Å². The smallest absolute Gasteiger partial charge is 0.0620 e. The molecule has 1 aliphatic rings. The van der Waals surface area contributed by atoms with Gasteiger partial charge in [-0.1, -0.05) is 139 Å². The summed E-state index contributed by atoms with van der Waals surface area (Å²) in [6, 6.07) is 53.3. The van der Waals surface area contributed by atoms with E-state index in [-0.39, 0.29) is 0 Å². The number of rotatable bonds is 13. The Morgan fingerprint density at radius 2 is 1.02 bits per heavy atom. The van der Waals surface area contributed by atoms with Crippen LogP contribution >= 0.6 is 0 Å². The van der Waals surface area contributed by atoms with E-state index in [1.165, 1.54) is 116 Å². The molecule has 302 valence electrons. The van der Waals surface area contributed by atoms with Gasteiger partial charge in [-0.25, -0.2) is 0 Å².